The quantitative estimate of drug-likeness (QED) is 0.679. The van der Waals surface area contributed by atoms with E-state index in [1.807, 2.05) is 24.3 Å². The largest absolute Gasteiger partial charge is 0.486 e. The molecule has 21 heavy (non-hydrogen) atoms. The van der Waals surface area contributed by atoms with Crippen molar-refractivity contribution in [1.29, 1.82) is 0 Å². The van der Waals surface area contributed by atoms with E-state index < -0.39 is 0 Å². The first-order chi connectivity index (χ1) is 10.2. The molecule has 0 aliphatic heterocycles. The lowest BCUT2D eigenvalue weighted by atomic mass is 10.2. The van der Waals surface area contributed by atoms with Gasteiger partial charge in [0.15, 0.2) is 5.75 Å². The molecule has 3 aromatic rings. The molecule has 0 aliphatic rings. The number of imidazole rings is 1. The number of nitrogens with zero attached hydrogens (tertiary/aromatic N) is 1. The zero-order chi connectivity index (χ0) is 14.8. The van der Waals surface area contributed by atoms with Crippen LogP contribution in [0.15, 0.2) is 49.1 Å². The third kappa shape index (κ3) is 2.75. The molecule has 0 fully saturated rings. The van der Waals surface area contributed by atoms with Gasteiger partial charge in [0.05, 0.1) is 21.1 Å². The Kier molecular flexibility index (Phi) is 3.86. The molecule has 0 atom stereocenters. The molecule has 3 nitrogen and oxygen atoms in total. The third-order valence-corrected chi connectivity index (χ3v) is 3.57. The average Bonchev–Trinajstić information content (AvgIpc) is 2.90. The third-order valence-electron chi connectivity index (χ3n) is 3.01. The summed E-state index contributed by atoms with van der Waals surface area (Å²) in [6.45, 7) is 3.95. The fraction of sp³-hybridized carbons (Fsp3) is 0.0625. The maximum atomic E-state index is 6.23. The molecular weight excluding hydrogens is 307 g/mol. The van der Waals surface area contributed by atoms with Crippen molar-refractivity contribution in [2.24, 2.45) is 0 Å². The Hall–Kier alpha value is -1.97. The van der Waals surface area contributed by atoms with Gasteiger partial charge in [0.2, 0.25) is 0 Å². The lowest BCUT2D eigenvalue weighted by Gasteiger charge is -2.09. The van der Waals surface area contributed by atoms with E-state index in [9.17, 15) is 0 Å². The zero-order valence-corrected chi connectivity index (χ0v) is 12.6. The Morgan fingerprint density at radius 2 is 1.90 bits per heavy atom. The molecule has 106 valence electrons. The van der Waals surface area contributed by atoms with Crippen LogP contribution >= 0.6 is 23.2 Å². The van der Waals surface area contributed by atoms with Gasteiger partial charge < -0.3 is 9.72 Å². The van der Waals surface area contributed by atoms with Crippen LogP contribution in [0.4, 0.5) is 0 Å². The number of aromatic nitrogens is 2. The Labute approximate surface area is 132 Å². The van der Waals surface area contributed by atoms with Crippen LogP contribution in [-0.2, 0) is 0 Å². The van der Waals surface area contributed by atoms with Crippen LogP contribution in [0.2, 0.25) is 10.0 Å². The topological polar surface area (TPSA) is 37.9 Å². The van der Waals surface area contributed by atoms with Gasteiger partial charge in [-0.25, -0.2) is 4.98 Å². The minimum Gasteiger partial charge on any atom is -0.486 e. The molecule has 1 N–H and O–H groups in total. The van der Waals surface area contributed by atoms with Crippen molar-refractivity contribution >= 4 is 34.2 Å². The van der Waals surface area contributed by atoms with E-state index in [2.05, 4.69) is 16.5 Å². The molecule has 0 amide bonds. The summed E-state index contributed by atoms with van der Waals surface area (Å²) in [5, 5.41) is 0.889. The molecule has 0 radical (unpaired) electrons. The second-order valence-electron chi connectivity index (χ2n) is 4.47. The van der Waals surface area contributed by atoms with E-state index in [1.54, 1.807) is 18.2 Å². The number of hydrogen-bond donors (Lipinski definition) is 1. The molecule has 0 spiro atoms. The van der Waals surface area contributed by atoms with Crippen molar-refractivity contribution in [1.82, 2.24) is 9.97 Å². The summed E-state index contributed by atoms with van der Waals surface area (Å²) in [5.74, 6) is 1.17. The molecule has 1 heterocycles. The van der Waals surface area contributed by atoms with Gasteiger partial charge in [-0.3, -0.25) is 0 Å². The Morgan fingerprint density at radius 1 is 1.19 bits per heavy atom. The van der Waals surface area contributed by atoms with Gasteiger partial charge in [-0.05, 0) is 24.3 Å². The van der Waals surface area contributed by atoms with Gasteiger partial charge in [0, 0.05) is 5.56 Å². The highest BCUT2D eigenvalue weighted by molar-refractivity contribution is 6.37. The first kappa shape index (κ1) is 14.0. The molecule has 0 bridgehead atoms. The lowest BCUT2D eigenvalue weighted by molar-refractivity contribution is 0.364. The molecule has 0 saturated heterocycles. The molecule has 0 unspecified atom stereocenters. The number of rotatable bonds is 4. The van der Waals surface area contributed by atoms with Gasteiger partial charge in [-0.2, -0.15) is 0 Å². The SMILES string of the molecule is C=CCOc1c(Cl)cc(-c2nc3ccccc3[nH]2)cc1Cl. The lowest BCUT2D eigenvalue weighted by Crippen LogP contribution is -1.95. The molecule has 3 rings (SSSR count). The number of hydrogen-bond acceptors (Lipinski definition) is 2. The summed E-state index contributed by atoms with van der Waals surface area (Å²) < 4.78 is 5.45. The van der Waals surface area contributed by atoms with Crippen molar-refractivity contribution in [3.63, 3.8) is 0 Å². The Balaban J connectivity index is 2.04. The number of H-pyrrole nitrogens is 1. The summed E-state index contributed by atoms with van der Waals surface area (Å²) >= 11 is 12.5. The van der Waals surface area contributed by atoms with Gasteiger partial charge in [0.1, 0.15) is 12.4 Å². The first-order valence-corrected chi connectivity index (χ1v) is 7.12. The van der Waals surface area contributed by atoms with E-state index in [1.165, 1.54) is 0 Å². The van der Waals surface area contributed by atoms with Gasteiger partial charge >= 0.3 is 0 Å². The van der Waals surface area contributed by atoms with Crippen LogP contribution in [0.3, 0.4) is 0 Å². The summed E-state index contributed by atoms with van der Waals surface area (Å²) in [6, 6.07) is 11.4. The predicted molar refractivity (Wildman–Crippen MR) is 87.2 cm³/mol. The fourth-order valence-corrected chi connectivity index (χ4v) is 2.66. The number of nitrogens with one attached hydrogen (secondary N) is 1. The van der Waals surface area contributed by atoms with E-state index in [-0.39, 0.29) is 0 Å². The van der Waals surface area contributed by atoms with Crippen molar-refractivity contribution in [2.45, 2.75) is 0 Å². The smallest absolute Gasteiger partial charge is 0.156 e. The minimum absolute atomic E-state index is 0.351. The van der Waals surface area contributed by atoms with Crippen LogP contribution in [0, 0.1) is 0 Å². The standard InChI is InChI=1S/C16H12Cl2N2O/c1-2-7-21-15-11(17)8-10(9-12(15)18)16-19-13-5-3-4-6-14(13)20-16/h2-6,8-9H,1,7H2,(H,19,20). The summed E-state index contributed by atoms with van der Waals surface area (Å²) in [7, 11) is 0. The number of aromatic amines is 1. The second kappa shape index (κ2) is 5.80. The zero-order valence-electron chi connectivity index (χ0n) is 11.1. The van der Waals surface area contributed by atoms with Gasteiger partial charge in [-0.1, -0.05) is 48.0 Å². The highest BCUT2D eigenvalue weighted by Gasteiger charge is 2.12. The Bertz CT molecular complexity index is 755. The number of para-hydroxylation sites is 2. The molecule has 1 aromatic heterocycles. The van der Waals surface area contributed by atoms with Crippen LogP contribution in [-0.4, -0.2) is 16.6 Å². The maximum absolute atomic E-state index is 6.23. The molecule has 5 heteroatoms. The number of halogens is 2. The number of ether oxygens (including phenoxy) is 1. The van der Waals surface area contributed by atoms with E-state index in [4.69, 9.17) is 27.9 Å². The summed E-state index contributed by atoms with van der Waals surface area (Å²) in [5.41, 5.74) is 2.67. The maximum Gasteiger partial charge on any atom is 0.156 e. The van der Waals surface area contributed by atoms with Crippen LogP contribution < -0.4 is 4.74 Å². The molecule has 2 aromatic carbocycles. The molecule has 0 saturated carbocycles. The van der Waals surface area contributed by atoms with Crippen LogP contribution in [0.25, 0.3) is 22.4 Å². The van der Waals surface area contributed by atoms with E-state index >= 15 is 0 Å². The van der Waals surface area contributed by atoms with E-state index in [0.29, 0.717) is 22.4 Å². The predicted octanol–water partition coefficient (Wildman–Crippen LogP) is 5.10. The number of benzene rings is 2. The van der Waals surface area contributed by atoms with Crippen LogP contribution in [0.5, 0.6) is 5.75 Å². The minimum atomic E-state index is 0.351. The Morgan fingerprint density at radius 3 is 2.57 bits per heavy atom. The normalized spacial score (nSPS) is 10.8. The van der Waals surface area contributed by atoms with Crippen molar-refractivity contribution in [3.05, 3.63) is 59.1 Å². The van der Waals surface area contributed by atoms with Crippen molar-refractivity contribution < 1.29 is 4.74 Å². The summed E-state index contributed by atoms with van der Waals surface area (Å²) in [4.78, 5) is 7.77. The number of fused-ring (bicyclic) bond motifs is 1. The van der Waals surface area contributed by atoms with E-state index in [0.717, 1.165) is 22.4 Å². The summed E-state index contributed by atoms with van der Waals surface area (Å²) in [6.07, 6.45) is 1.64. The van der Waals surface area contributed by atoms with Gasteiger partial charge in [-0.15, -0.1) is 0 Å². The van der Waals surface area contributed by atoms with Crippen molar-refractivity contribution in [3.8, 4) is 17.1 Å². The highest BCUT2D eigenvalue weighted by Crippen LogP contribution is 2.37. The first-order valence-electron chi connectivity index (χ1n) is 6.37. The average molecular weight is 319 g/mol. The van der Waals surface area contributed by atoms with Crippen LogP contribution in [0.1, 0.15) is 0 Å². The molecular formula is C16H12Cl2N2O. The van der Waals surface area contributed by atoms with Gasteiger partial charge in [0.25, 0.3) is 0 Å². The second-order valence-corrected chi connectivity index (χ2v) is 5.29. The molecule has 0 aliphatic carbocycles. The monoisotopic (exact) mass is 318 g/mol. The highest BCUT2D eigenvalue weighted by atomic mass is 35.5. The van der Waals surface area contributed by atoms with Crippen molar-refractivity contribution in [2.75, 3.05) is 6.61 Å². The fourth-order valence-electron chi connectivity index (χ4n) is 2.07.